The number of aliphatic carboxylic acids is 1. The maximum Gasteiger partial charge on any atom is 0.309 e. The Morgan fingerprint density at radius 1 is 1.38 bits per heavy atom. The van der Waals surface area contributed by atoms with Gasteiger partial charge >= 0.3 is 5.97 Å². The van der Waals surface area contributed by atoms with Crippen LogP contribution in [0.15, 0.2) is 6.20 Å². The van der Waals surface area contributed by atoms with Gasteiger partial charge in [-0.05, 0) is 31.6 Å². The fraction of sp³-hybridized carbons (Fsp3) is 0.714. The van der Waals surface area contributed by atoms with Gasteiger partial charge in [0.25, 0.3) is 0 Å². The molecule has 2 rings (SSSR count). The minimum Gasteiger partial charge on any atom is -0.481 e. The molecular weight excluding hydrogens is 272 g/mol. The molecule has 1 saturated carbocycles. The zero-order chi connectivity index (χ0) is 15.4. The van der Waals surface area contributed by atoms with Gasteiger partial charge in [-0.15, -0.1) is 5.10 Å². The number of carboxylic acid groups (broad SMARTS) is 1. The van der Waals surface area contributed by atoms with Crippen molar-refractivity contribution in [1.29, 1.82) is 0 Å². The maximum atomic E-state index is 12.2. The van der Waals surface area contributed by atoms with Gasteiger partial charge < -0.3 is 10.0 Å². The molecule has 1 aromatic heterocycles. The highest BCUT2D eigenvalue weighted by Gasteiger charge is 2.25. The van der Waals surface area contributed by atoms with Crippen molar-refractivity contribution in [3.05, 3.63) is 11.9 Å². The van der Waals surface area contributed by atoms with E-state index in [1.165, 1.54) is 10.9 Å². The molecule has 0 bridgehead atoms. The van der Waals surface area contributed by atoms with Crippen molar-refractivity contribution in [1.82, 2.24) is 19.9 Å². The number of carbonyl (C=O) groups excluding carboxylic acids is 1. The van der Waals surface area contributed by atoms with Crippen LogP contribution in [0, 0.1) is 5.92 Å². The summed E-state index contributed by atoms with van der Waals surface area (Å²) in [7, 11) is 1.83. The lowest BCUT2D eigenvalue weighted by molar-refractivity contribution is -0.136. The number of nitrogens with zero attached hydrogens (tertiary/aromatic N) is 4. The lowest BCUT2D eigenvalue weighted by Crippen LogP contribution is -2.41. The van der Waals surface area contributed by atoms with Gasteiger partial charge in [0.05, 0.1) is 12.1 Å². The van der Waals surface area contributed by atoms with E-state index in [-0.39, 0.29) is 18.9 Å². The van der Waals surface area contributed by atoms with Crippen molar-refractivity contribution in [2.45, 2.75) is 51.6 Å². The summed E-state index contributed by atoms with van der Waals surface area (Å²) in [6, 6.07) is 0.302. The fourth-order valence-electron chi connectivity index (χ4n) is 2.74. The van der Waals surface area contributed by atoms with Gasteiger partial charge in [0.15, 0.2) is 0 Å². The van der Waals surface area contributed by atoms with Crippen molar-refractivity contribution in [2.24, 2.45) is 5.92 Å². The average molecular weight is 294 g/mol. The van der Waals surface area contributed by atoms with E-state index in [0.29, 0.717) is 11.7 Å². The van der Waals surface area contributed by atoms with Crippen LogP contribution in [0.1, 0.15) is 38.3 Å². The third-order valence-electron chi connectivity index (χ3n) is 4.14. The summed E-state index contributed by atoms with van der Waals surface area (Å²) in [4.78, 5) is 24.6. The molecule has 1 aliphatic rings. The molecule has 0 saturated heterocycles. The molecule has 7 heteroatoms. The number of carboxylic acids is 1. The van der Waals surface area contributed by atoms with Crippen LogP contribution in [-0.2, 0) is 22.6 Å². The highest BCUT2D eigenvalue weighted by Crippen LogP contribution is 2.26. The molecule has 1 amide bonds. The summed E-state index contributed by atoms with van der Waals surface area (Å²) in [6.45, 7) is 2.35. The van der Waals surface area contributed by atoms with E-state index in [0.717, 1.165) is 31.6 Å². The monoisotopic (exact) mass is 294 g/mol. The van der Waals surface area contributed by atoms with Crippen LogP contribution in [-0.4, -0.2) is 50.0 Å². The van der Waals surface area contributed by atoms with E-state index in [2.05, 4.69) is 17.2 Å². The fourth-order valence-corrected chi connectivity index (χ4v) is 2.74. The number of aromatic nitrogens is 3. The van der Waals surface area contributed by atoms with E-state index in [4.69, 9.17) is 5.11 Å². The van der Waals surface area contributed by atoms with E-state index in [1.807, 2.05) is 7.05 Å². The summed E-state index contributed by atoms with van der Waals surface area (Å²) >= 11 is 0. The number of rotatable bonds is 5. The first-order chi connectivity index (χ1) is 9.95. The Morgan fingerprint density at radius 2 is 2.05 bits per heavy atom. The summed E-state index contributed by atoms with van der Waals surface area (Å²) < 4.78 is 1.41. The SMILES string of the molecule is CC1CCC(N(C)C(=O)Cn2cc(CC(=O)O)nn2)CC1. The molecule has 116 valence electrons. The molecule has 1 aliphatic carbocycles. The third kappa shape index (κ3) is 4.27. The standard InChI is InChI=1S/C14H22N4O3/c1-10-3-5-12(6-4-10)17(2)13(19)9-18-8-11(15-16-18)7-14(20)21/h8,10,12H,3-7,9H2,1-2H3,(H,20,21). The summed E-state index contributed by atoms with van der Waals surface area (Å²) in [5, 5.41) is 16.2. The summed E-state index contributed by atoms with van der Waals surface area (Å²) in [5.41, 5.74) is 0.365. The molecule has 0 aromatic carbocycles. The topological polar surface area (TPSA) is 88.3 Å². The summed E-state index contributed by atoms with van der Waals surface area (Å²) in [6.07, 6.45) is 5.76. The predicted molar refractivity (Wildman–Crippen MR) is 75.6 cm³/mol. The van der Waals surface area contributed by atoms with Gasteiger partial charge in [-0.3, -0.25) is 9.59 Å². The van der Waals surface area contributed by atoms with Gasteiger partial charge in [-0.25, -0.2) is 4.68 Å². The molecule has 1 N–H and O–H groups in total. The van der Waals surface area contributed by atoms with Crippen LogP contribution in [0.3, 0.4) is 0 Å². The second-order valence-electron chi connectivity index (χ2n) is 5.90. The van der Waals surface area contributed by atoms with Gasteiger partial charge in [-0.2, -0.15) is 0 Å². The minimum atomic E-state index is -0.957. The highest BCUT2D eigenvalue weighted by atomic mass is 16.4. The van der Waals surface area contributed by atoms with Crippen molar-refractivity contribution >= 4 is 11.9 Å². The second-order valence-corrected chi connectivity index (χ2v) is 5.90. The Kier molecular flexibility index (Phi) is 4.93. The number of carbonyl (C=O) groups is 2. The van der Waals surface area contributed by atoms with Crippen LogP contribution < -0.4 is 0 Å². The maximum absolute atomic E-state index is 12.2. The van der Waals surface area contributed by atoms with Crippen molar-refractivity contribution in [2.75, 3.05) is 7.05 Å². The largest absolute Gasteiger partial charge is 0.481 e. The first-order valence-electron chi connectivity index (χ1n) is 7.32. The first kappa shape index (κ1) is 15.5. The van der Waals surface area contributed by atoms with Crippen LogP contribution in [0.5, 0.6) is 0 Å². The van der Waals surface area contributed by atoms with Gasteiger partial charge in [-0.1, -0.05) is 12.1 Å². The molecule has 21 heavy (non-hydrogen) atoms. The van der Waals surface area contributed by atoms with Crippen molar-refractivity contribution in [3.8, 4) is 0 Å². The predicted octanol–water partition coefficient (Wildman–Crippen LogP) is 0.942. The number of likely N-dealkylation sites (N-methyl/N-ethyl adjacent to an activating group) is 1. The normalized spacial score (nSPS) is 22.0. The van der Waals surface area contributed by atoms with E-state index >= 15 is 0 Å². The third-order valence-corrected chi connectivity index (χ3v) is 4.14. The van der Waals surface area contributed by atoms with Gasteiger partial charge in [0, 0.05) is 19.3 Å². The molecular formula is C14H22N4O3. The summed E-state index contributed by atoms with van der Waals surface area (Å²) in [5.74, 6) is -0.221. The van der Waals surface area contributed by atoms with Crippen molar-refractivity contribution < 1.29 is 14.7 Å². The molecule has 0 atom stereocenters. The minimum absolute atomic E-state index is 0.0127. The molecule has 0 aliphatic heterocycles. The van der Waals surface area contributed by atoms with Crippen molar-refractivity contribution in [3.63, 3.8) is 0 Å². The number of hydrogen-bond acceptors (Lipinski definition) is 4. The Morgan fingerprint density at radius 3 is 2.67 bits per heavy atom. The van der Waals surface area contributed by atoms with Gasteiger partial charge in [0.1, 0.15) is 6.54 Å². The lowest BCUT2D eigenvalue weighted by Gasteiger charge is -2.33. The molecule has 0 unspecified atom stereocenters. The second kappa shape index (κ2) is 6.69. The average Bonchev–Trinajstić information content (AvgIpc) is 2.85. The Balaban J connectivity index is 1.88. The quantitative estimate of drug-likeness (QED) is 0.873. The van der Waals surface area contributed by atoms with Gasteiger partial charge in [0.2, 0.25) is 5.91 Å². The smallest absolute Gasteiger partial charge is 0.309 e. The van der Waals surface area contributed by atoms with Crippen LogP contribution in [0.4, 0.5) is 0 Å². The molecule has 1 aromatic rings. The molecule has 0 radical (unpaired) electrons. The molecule has 0 spiro atoms. The van der Waals surface area contributed by atoms with Crippen LogP contribution in [0.2, 0.25) is 0 Å². The first-order valence-corrected chi connectivity index (χ1v) is 7.32. The zero-order valence-corrected chi connectivity index (χ0v) is 12.5. The van der Waals surface area contributed by atoms with E-state index in [9.17, 15) is 9.59 Å². The number of hydrogen-bond donors (Lipinski definition) is 1. The molecule has 1 fully saturated rings. The Hall–Kier alpha value is -1.92. The van der Waals surface area contributed by atoms with E-state index in [1.54, 1.807) is 4.90 Å². The van der Waals surface area contributed by atoms with E-state index < -0.39 is 5.97 Å². The highest BCUT2D eigenvalue weighted by molar-refractivity contribution is 5.76. The Labute approximate surface area is 123 Å². The molecule has 7 nitrogen and oxygen atoms in total. The molecule has 1 heterocycles. The lowest BCUT2D eigenvalue weighted by atomic mass is 9.87. The number of amides is 1. The zero-order valence-electron chi connectivity index (χ0n) is 12.5. The van der Waals surface area contributed by atoms with Crippen LogP contribution in [0.25, 0.3) is 0 Å². The Bertz CT molecular complexity index is 506. The van der Waals surface area contributed by atoms with Crippen LogP contribution >= 0.6 is 0 Å².